The van der Waals surface area contributed by atoms with E-state index >= 15 is 0 Å². The van der Waals surface area contributed by atoms with Crippen molar-refractivity contribution in [3.8, 4) is 0 Å². The van der Waals surface area contributed by atoms with Crippen LogP contribution in [0, 0.1) is 0 Å². The van der Waals surface area contributed by atoms with E-state index in [4.69, 9.17) is 4.42 Å². The fraction of sp³-hybridized carbons (Fsp3) is 0. The van der Waals surface area contributed by atoms with Gasteiger partial charge in [-0.15, -0.1) is 0 Å². The van der Waals surface area contributed by atoms with Crippen LogP contribution in [-0.4, -0.2) is 8.80 Å². The maximum atomic E-state index is 6.46. The summed E-state index contributed by atoms with van der Waals surface area (Å²) in [4.78, 5) is 0. The summed E-state index contributed by atoms with van der Waals surface area (Å²) >= 11 is 3.85. The molecule has 0 saturated heterocycles. The van der Waals surface area contributed by atoms with E-state index in [1.165, 1.54) is 59.9 Å². The Hall–Kier alpha value is -4.02. The predicted octanol–water partition coefficient (Wildman–Crippen LogP) is 8.90. The van der Waals surface area contributed by atoms with Gasteiger partial charge in [-0.2, -0.15) is 0 Å². The van der Waals surface area contributed by atoms with Gasteiger partial charge in [0.25, 0.3) is 0 Å². The molecule has 4 heteroatoms. The van der Waals surface area contributed by atoms with Crippen LogP contribution in [0.25, 0.3) is 76.6 Å². The van der Waals surface area contributed by atoms with E-state index in [9.17, 15) is 0 Å². The van der Waals surface area contributed by atoms with Crippen LogP contribution in [0.3, 0.4) is 0 Å². The topological polar surface area (TPSA) is 22.0 Å². The Morgan fingerprint density at radius 1 is 0.471 bits per heavy atom. The molecular weight excluding hydrogens is 484 g/mol. The van der Waals surface area contributed by atoms with Crippen LogP contribution in [0.1, 0.15) is 0 Å². The molecule has 0 aliphatic carbocycles. The van der Waals surface area contributed by atoms with Gasteiger partial charge in [0.05, 0.1) is 43.9 Å². The van der Waals surface area contributed by atoms with Crippen LogP contribution in [0.5, 0.6) is 0 Å². The van der Waals surface area contributed by atoms with E-state index in [1.807, 2.05) is 0 Å². The molecule has 0 bridgehead atoms. The zero-order chi connectivity index (χ0) is 22.1. The van der Waals surface area contributed by atoms with E-state index in [2.05, 4.69) is 116 Å². The molecule has 0 aliphatic rings. The SMILES string of the molecule is Brc1cccc2c1c1ccc3oc4cccc5c4c3c1n2c1cccc2c3ccccc3n5c21. The van der Waals surface area contributed by atoms with Crippen LogP contribution in [0.2, 0.25) is 0 Å². The largest absolute Gasteiger partial charge is 0.456 e. The molecule has 0 radical (unpaired) electrons. The van der Waals surface area contributed by atoms with Crippen molar-refractivity contribution in [2.75, 3.05) is 0 Å². The highest BCUT2D eigenvalue weighted by atomic mass is 79.9. The molecule has 34 heavy (non-hydrogen) atoms. The molecule has 4 heterocycles. The number of furan rings is 1. The fourth-order valence-electron chi connectivity index (χ4n) is 6.26. The normalized spacial score (nSPS) is 12.9. The fourth-order valence-corrected chi connectivity index (χ4v) is 6.83. The molecule has 0 N–H and O–H groups in total. The molecule has 158 valence electrons. The smallest absolute Gasteiger partial charge is 0.137 e. The minimum absolute atomic E-state index is 0.918. The summed E-state index contributed by atoms with van der Waals surface area (Å²) in [5.74, 6) is 0. The van der Waals surface area contributed by atoms with Crippen LogP contribution >= 0.6 is 15.9 Å². The van der Waals surface area contributed by atoms with E-state index in [1.54, 1.807) is 0 Å². The number of hydrogen-bond donors (Lipinski definition) is 0. The van der Waals surface area contributed by atoms with Crippen molar-refractivity contribution in [1.29, 1.82) is 0 Å². The van der Waals surface area contributed by atoms with Crippen molar-refractivity contribution < 1.29 is 4.42 Å². The summed E-state index contributed by atoms with van der Waals surface area (Å²) < 4.78 is 12.4. The lowest BCUT2D eigenvalue weighted by Crippen LogP contribution is -1.93. The number of fused-ring (bicyclic) bond motifs is 8. The molecule has 0 unspecified atom stereocenters. The quantitative estimate of drug-likeness (QED) is 0.204. The highest BCUT2D eigenvalue weighted by Gasteiger charge is 2.23. The van der Waals surface area contributed by atoms with Crippen LogP contribution in [0.4, 0.5) is 0 Å². The summed E-state index contributed by atoms with van der Waals surface area (Å²) in [6.45, 7) is 0. The lowest BCUT2D eigenvalue weighted by Gasteiger charge is -2.09. The van der Waals surface area contributed by atoms with Gasteiger partial charge in [-0.3, -0.25) is 0 Å². The first kappa shape index (κ1) is 17.5. The Morgan fingerprint density at radius 3 is 2.09 bits per heavy atom. The van der Waals surface area contributed by atoms with Gasteiger partial charge in [0, 0.05) is 26.0 Å². The maximum Gasteiger partial charge on any atom is 0.137 e. The average molecular weight is 499 g/mol. The van der Waals surface area contributed by atoms with E-state index in [-0.39, 0.29) is 0 Å². The second-order valence-electron chi connectivity index (χ2n) is 9.08. The van der Waals surface area contributed by atoms with Crippen LogP contribution in [-0.2, 0) is 0 Å². The van der Waals surface area contributed by atoms with Crippen molar-refractivity contribution in [2.45, 2.75) is 0 Å². The molecule has 0 saturated carbocycles. The van der Waals surface area contributed by atoms with E-state index in [0.29, 0.717) is 0 Å². The Labute approximate surface area is 200 Å². The van der Waals surface area contributed by atoms with Crippen molar-refractivity contribution in [1.82, 2.24) is 8.80 Å². The lowest BCUT2D eigenvalue weighted by atomic mass is 10.1. The summed E-state index contributed by atoms with van der Waals surface area (Å²) in [6, 6.07) is 32.6. The highest BCUT2D eigenvalue weighted by Crippen LogP contribution is 2.45. The standard InChI is InChI=1S/C30H15BrN2O/c31-19-8-4-10-21-26(19)18-14-15-25-28-27-22(11-5-13-24(27)34-25)32-20-9-2-1-6-16(20)17-7-3-12-23(29(17)32)33(21)30(18)28/h1-15H. The lowest BCUT2D eigenvalue weighted by molar-refractivity contribution is 0.669. The van der Waals surface area contributed by atoms with Crippen LogP contribution in [0.15, 0.2) is 99.9 Å². The van der Waals surface area contributed by atoms with Gasteiger partial charge in [-0.1, -0.05) is 58.4 Å². The predicted molar refractivity (Wildman–Crippen MR) is 145 cm³/mol. The number of benzene rings is 5. The van der Waals surface area contributed by atoms with Gasteiger partial charge in [-0.05, 0) is 48.5 Å². The first-order valence-corrected chi connectivity index (χ1v) is 12.2. The van der Waals surface area contributed by atoms with Gasteiger partial charge in [0.2, 0.25) is 0 Å². The first-order valence-electron chi connectivity index (χ1n) is 11.4. The third-order valence-electron chi connectivity index (χ3n) is 7.49. The number of rotatable bonds is 0. The second-order valence-corrected chi connectivity index (χ2v) is 9.94. The summed E-state index contributed by atoms with van der Waals surface area (Å²) in [7, 11) is 0. The monoisotopic (exact) mass is 498 g/mol. The molecule has 0 spiro atoms. The Morgan fingerprint density at radius 2 is 1.15 bits per heavy atom. The molecule has 3 nitrogen and oxygen atoms in total. The van der Waals surface area contributed by atoms with Gasteiger partial charge in [-0.25, -0.2) is 0 Å². The number of aromatic nitrogens is 2. The molecular formula is C30H15BrN2O. The third-order valence-corrected chi connectivity index (χ3v) is 8.16. The number of halogens is 1. The van der Waals surface area contributed by atoms with Gasteiger partial charge >= 0.3 is 0 Å². The molecule has 9 rings (SSSR count). The third kappa shape index (κ3) is 1.81. The molecule has 4 aromatic heterocycles. The highest BCUT2D eigenvalue weighted by molar-refractivity contribution is 9.10. The number of para-hydroxylation sites is 2. The Bertz CT molecular complexity index is 2300. The minimum Gasteiger partial charge on any atom is -0.456 e. The Kier molecular flexibility index (Phi) is 2.94. The summed E-state index contributed by atoms with van der Waals surface area (Å²) in [5, 5.41) is 7.32. The van der Waals surface area contributed by atoms with Gasteiger partial charge in [0.15, 0.2) is 0 Å². The zero-order valence-corrected chi connectivity index (χ0v) is 19.4. The number of nitrogens with zero attached hydrogens (tertiary/aromatic N) is 2. The van der Waals surface area contributed by atoms with E-state index in [0.717, 1.165) is 21.2 Å². The summed E-state index contributed by atoms with van der Waals surface area (Å²) in [6.07, 6.45) is 0. The molecule has 0 amide bonds. The first-order chi connectivity index (χ1) is 16.8. The van der Waals surface area contributed by atoms with Crippen LogP contribution < -0.4 is 0 Å². The van der Waals surface area contributed by atoms with Gasteiger partial charge < -0.3 is 13.2 Å². The molecule has 9 aromatic rings. The van der Waals surface area contributed by atoms with Gasteiger partial charge in [0.1, 0.15) is 11.2 Å². The van der Waals surface area contributed by atoms with Crippen molar-refractivity contribution >= 4 is 92.5 Å². The minimum atomic E-state index is 0.918. The zero-order valence-electron chi connectivity index (χ0n) is 17.8. The molecule has 0 aliphatic heterocycles. The maximum absolute atomic E-state index is 6.46. The number of hydrogen-bond acceptors (Lipinski definition) is 1. The van der Waals surface area contributed by atoms with Crippen molar-refractivity contribution in [2.24, 2.45) is 0 Å². The Balaban J connectivity index is 1.85. The second kappa shape index (κ2) is 5.72. The molecule has 5 aromatic carbocycles. The average Bonchev–Trinajstić information content (AvgIpc) is 3.51. The van der Waals surface area contributed by atoms with E-state index < -0.39 is 0 Å². The molecule has 0 fully saturated rings. The summed E-state index contributed by atoms with van der Waals surface area (Å²) in [5.41, 5.74) is 9.01. The molecule has 0 atom stereocenters. The van der Waals surface area contributed by atoms with Crippen molar-refractivity contribution in [3.05, 3.63) is 95.5 Å². The van der Waals surface area contributed by atoms with Crippen molar-refractivity contribution in [3.63, 3.8) is 0 Å².